The third-order valence-electron chi connectivity index (χ3n) is 5.05. The first-order chi connectivity index (χ1) is 16.1. The lowest BCUT2D eigenvalue weighted by molar-refractivity contribution is 0.174. The molecule has 0 fully saturated rings. The number of rotatable bonds is 8. The normalized spacial score (nSPS) is 12.5. The maximum atomic E-state index is 5.77. The van der Waals surface area contributed by atoms with Gasteiger partial charge in [0.25, 0.3) is 0 Å². The largest absolute Gasteiger partial charge is 0.493 e. The molecule has 0 aliphatic carbocycles. The summed E-state index contributed by atoms with van der Waals surface area (Å²) in [5.41, 5.74) is 3.05. The molecule has 0 N–H and O–H groups in total. The quantitative estimate of drug-likeness (QED) is 0.301. The molecule has 1 aliphatic heterocycles. The van der Waals surface area contributed by atoms with Gasteiger partial charge in [0.05, 0.1) is 12.3 Å². The highest BCUT2D eigenvalue weighted by molar-refractivity contribution is 7.98. The summed E-state index contributed by atoms with van der Waals surface area (Å²) >= 11 is 3.24. The van der Waals surface area contributed by atoms with Crippen molar-refractivity contribution >= 4 is 23.1 Å². The van der Waals surface area contributed by atoms with E-state index in [1.54, 1.807) is 23.1 Å². The van der Waals surface area contributed by atoms with Crippen LogP contribution in [0.4, 0.5) is 0 Å². The SMILES string of the molecule is CC(C)COc1ccc(-c2nnc(SCc3csc(-c4ccc5c(c4)OCO5)n3)n2C)cc1. The summed E-state index contributed by atoms with van der Waals surface area (Å²) in [7, 11) is 1.99. The minimum Gasteiger partial charge on any atom is -0.493 e. The summed E-state index contributed by atoms with van der Waals surface area (Å²) < 4.78 is 18.7. The van der Waals surface area contributed by atoms with E-state index in [9.17, 15) is 0 Å². The number of nitrogens with zero attached hydrogens (tertiary/aromatic N) is 4. The summed E-state index contributed by atoms with van der Waals surface area (Å²) in [5.74, 6) is 4.45. The second-order valence-electron chi connectivity index (χ2n) is 8.10. The fraction of sp³-hybridized carbons (Fsp3) is 0.292. The minimum absolute atomic E-state index is 0.272. The highest BCUT2D eigenvalue weighted by atomic mass is 32.2. The molecule has 0 unspecified atom stereocenters. The van der Waals surface area contributed by atoms with Gasteiger partial charge in [0.1, 0.15) is 10.8 Å². The number of thioether (sulfide) groups is 1. The molecule has 1 aliphatic rings. The van der Waals surface area contributed by atoms with Crippen molar-refractivity contribution in [2.75, 3.05) is 13.4 Å². The Bertz CT molecular complexity index is 1250. The van der Waals surface area contributed by atoms with Crippen molar-refractivity contribution in [1.82, 2.24) is 19.7 Å². The Morgan fingerprint density at radius 1 is 1.06 bits per heavy atom. The minimum atomic E-state index is 0.272. The van der Waals surface area contributed by atoms with Crippen molar-refractivity contribution in [2.24, 2.45) is 13.0 Å². The molecule has 0 radical (unpaired) electrons. The summed E-state index contributed by atoms with van der Waals surface area (Å²) in [6, 6.07) is 13.9. The van der Waals surface area contributed by atoms with Gasteiger partial charge in [-0.05, 0) is 48.4 Å². The van der Waals surface area contributed by atoms with E-state index in [0.717, 1.165) is 55.8 Å². The van der Waals surface area contributed by atoms with E-state index >= 15 is 0 Å². The zero-order valence-electron chi connectivity index (χ0n) is 18.6. The molecule has 0 amide bonds. The second kappa shape index (κ2) is 9.44. The topological polar surface area (TPSA) is 71.3 Å². The zero-order chi connectivity index (χ0) is 22.8. The summed E-state index contributed by atoms with van der Waals surface area (Å²) in [6.07, 6.45) is 0. The van der Waals surface area contributed by atoms with Gasteiger partial charge in [-0.15, -0.1) is 21.5 Å². The van der Waals surface area contributed by atoms with Crippen LogP contribution in [0.1, 0.15) is 19.5 Å². The number of thiazole rings is 1. The van der Waals surface area contributed by atoms with Crippen LogP contribution in [0, 0.1) is 5.92 Å². The Hall–Kier alpha value is -3.04. The molecule has 4 aromatic rings. The van der Waals surface area contributed by atoms with Crippen LogP contribution in [0.3, 0.4) is 0 Å². The van der Waals surface area contributed by atoms with Crippen LogP contribution in [-0.2, 0) is 12.8 Å². The van der Waals surface area contributed by atoms with Gasteiger partial charge in [-0.25, -0.2) is 4.98 Å². The van der Waals surface area contributed by atoms with Crippen molar-refractivity contribution in [2.45, 2.75) is 24.8 Å². The van der Waals surface area contributed by atoms with Crippen molar-refractivity contribution < 1.29 is 14.2 Å². The number of hydrogen-bond donors (Lipinski definition) is 0. The van der Waals surface area contributed by atoms with Gasteiger partial charge in [-0.2, -0.15) is 0 Å². The van der Waals surface area contributed by atoms with Gasteiger partial charge in [-0.3, -0.25) is 0 Å². The van der Waals surface area contributed by atoms with E-state index < -0.39 is 0 Å². The molecule has 33 heavy (non-hydrogen) atoms. The molecule has 0 spiro atoms. The number of benzene rings is 2. The molecular formula is C24H24N4O3S2. The molecule has 9 heteroatoms. The van der Waals surface area contributed by atoms with E-state index in [1.165, 1.54) is 0 Å². The van der Waals surface area contributed by atoms with E-state index in [-0.39, 0.29) is 6.79 Å². The Morgan fingerprint density at radius 2 is 1.85 bits per heavy atom. The standard InChI is InChI=1S/C24H24N4O3S2/c1-15(2)11-29-19-7-4-16(5-8-19)22-26-27-24(28(22)3)33-13-18-12-32-23(25-18)17-6-9-20-21(10-17)31-14-30-20/h4-10,12,15H,11,13-14H2,1-3H3. The van der Waals surface area contributed by atoms with Crippen molar-refractivity contribution in [3.8, 4) is 39.2 Å². The van der Waals surface area contributed by atoms with E-state index in [0.29, 0.717) is 12.5 Å². The third kappa shape index (κ3) is 4.84. The molecule has 7 nitrogen and oxygen atoms in total. The van der Waals surface area contributed by atoms with Crippen LogP contribution in [-0.4, -0.2) is 33.1 Å². The molecule has 170 valence electrons. The van der Waals surface area contributed by atoms with Gasteiger partial charge in [-0.1, -0.05) is 25.6 Å². The zero-order valence-corrected chi connectivity index (χ0v) is 20.3. The highest BCUT2D eigenvalue weighted by Crippen LogP contribution is 2.37. The van der Waals surface area contributed by atoms with Gasteiger partial charge in [0.15, 0.2) is 22.5 Å². The maximum absolute atomic E-state index is 5.77. The van der Waals surface area contributed by atoms with Crippen molar-refractivity contribution in [3.05, 3.63) is 53.5 Å². The van der Waals surface area contributed by atoms with Crippen LogP contribution in [0.15, 0.2) is 53.0 Å². The Morgan fingerprint density at radius 3 is 2.67 bits per heavy atom. The second-order valence-corrected chi connectivity index (χ2v) is 9.90. The van der Waals surface area contributed by atoms with Gasteiger partial charge < -0.3 is 18.8 Å². The monoisotopic (exact) mass is 480 g/mol. The summed E-state index contributed by atoms with van der Waals surface area (Å²) in [6.45, 7) is 5.25. The predicted molar refractivity (Wildman–Crippen MR) is 130 cm³/mol. The fourth-order valence-corrected chi connectivity index (χ4v) is 5.05. The van der Waals surface area contributed by atoms with Gasteiger partial charge >= 0.3 is 0 Å². The number of ether oxygens (including phenoxy) is 3. The third-order valence-corrected chi connectivity index (χ3v) is 7.05. The van der Waals surface area contributed by atoms with Crippen LogP contribution >= 0.6 is 23.1 Å². The number of fused-ring (bicyclic) bond motifs is 1. The van der Waals surface area contributed by atoms with Crippen LogP contribution in [0.2, 0.25) is 0 Å². The molecule has 5 rings (SSSR count). The molecule has 0 saturated heterocycles. The smallest absolute Gasteiger partial charge is 0.231 e. The van der Waals surface area contributed by atoms with Crippen LogP contribution in [0.25, 0.3) is 22.0 Å². The Kier molecular flexibility index (Phi) is 6.24. The average Bonchev–Trinajstić information content (AvgIpc) is 3.56. The lowest BCUT2D eigenvalue weighted by atomic mass is 10.2. The van der Waals surface area contributed by atoms with Crippen LogP contribution in [0.5, 0.6) is 17.2 Å². The lowest BCUT2D eigenvalue weighted by Gasteiger charge is -2.09. The summed E-state index contributed by atoms with van der Waals surface area (Å²) in [4.78, 5) is 4.79. The number of aromatic nitrogens is 4. The molecule has 0 atom stereocenters. The summed E-state index contributed by atoms with van der Waals surface area (Å²) in [5, 5.41) is 12.7. The first-order valence-electron chi connectivity index (χ1n) is 10.7. The van der Waals surface area contributed by atoms with Crippen molar-refractivity contribution in [3.63, 3.8) is 0 Å². The first-order valence-corrected chi connectivity index (χ1v) is 12.5. The van der Waals surface area contributed by atoms with E-state index in [2.05, 4.69) is 29.4 Å². The Labute approximate surface area is 200 Å². The molecule has 0 bridgehead atoms. The fourth-order valence-electron chi connectivity index (χ4n) is 3.33. The van der Waals surface area contributed by atoms with Crippen LogP contribution < -0.4 is 14.2 Å². The first kappa shape index (κ1) is 21.8. The Balaban J connectivity index is 1.23. The lowest BCUT2D eigenvalue weighted by Crippen LogP contribution is -2.04. The highest BCUT2D eigenvalue weighted by Gasteiger charge is 2.16. The van der Waals surface area contributed by atoms with Gasteiger partial charge in [0.2, 0.25) is 6.79 Å². The predicted octanol–water partition coefficient (Wildman–Crippen LogP) is 5.66. The van der Waals surface area contributed by atoms with Gasteiger partial charge in [0, 0.05) is 29.3 Å². The average molecular weight is 481 g/mol. The molecular weight excluding hydrogens is 456 g/mol. The van der Waals surface area contributed by atoms with E-state index in [1.807, 2.05) is 54.1 Å². The molecule has 2 aromatic carbocycles. The molecule has 0 saturated carbocycles. The van der Waals surface area contributed by atoms with E-state index in [4.69, 9.17) is 19.2 Å². The maximum Gasteiger partial charge on any atom is 0.231 e. The molecule has 2 aromatic heterocycles. The van der Waals surface area contributed by atoms with Crippen molar-refractivity contribution in [1.29, 1.82) is 0 Å². The molecule has 3 heterocycles. The number of hydrogen-bond acceptors (Lipinski definition) is 8.